The predicted molar refractivity (Wildman–Crippen MR) is 71.6 cm³/mol. The molecule has 0 spiro atoms. The molecule has 1 aromatic heterocycles. The van der Waals surface area contributed by atoms with E-state index in [9.17, 15) is 0 Å². The second-order valence-electron chi connectivity index (χ2n) is 4.31. The Balaban J connectivity index is 1.93. The van der Waals surface area contributed by atoms with Gasteiger partial charge in [0.15, 0.2) is 0 Å². The van der Waals surface area contributed by atoms with Gasteiger partial charge < -0.3 is 5.73 Å². The van der Waals surface area contributed by atoms with Gasteiger partial charge in [0.1, 0.15) is 5.01 Å². The van der Waals surface area contributed by atoms with E-state index in [2.05, 4.69) is 4.98 Å². The van der Waals surface area contributed by atoms with E-state index in [0.29, 0.717) is 0 Å². The lowest BCUT2D eigenvalue weighted by Gasteiger charge is -2.09. The Hall–Kier alpha value is -0.900. The number of halogens is 1. The van der Waals surface area contributed by atoms with Gasteiger partial charge >= 0.3 is 0 Å². The number of nitrogens with two attached hydrogens (primary N) is 1. The molecule has 0 amide bonds. The zero-order valence-electron chi connectivity index (χ0n) is 9.32. The zero-order chi connectivity index (χ0) is 11.8. The minimum atomic E-state index is -0.149. The Morgan fingerprint density at radius 1 is 1.35 bits per heavy atom. The summed E-state index contributed by atoms with van der Waals surface area (Å²) in [6, 6.07) is 7.56. The van der Waals surface area contributed by atoms with Crippen LogP contribution in [0.5, 0.6) is 0 Å². The first-order valence-corrected chi connectivity index (χ1v) is 6.93. The topological polar surface area (TPSA) is 38.9 Å². The van der Waals surface area contributed by atoms with Crippen molar-refractivity contribution in [3.8, 4) is 0 Å². The molecule has 3 rings (SSSR count). The van der Waals surface area contributed by atoms with E-state index in [-0.39, 0.29) is 6.04 Å². The maximum atomic E-state index is 6.24. The lowest BCUT2D eigenvalue weighted by Crippen LogP contribution is -2.11. The van der Waals surface area contributed by atoms with Crippen molar-refractivity contribution in [3.05, 3.63) is 50.4 Å². The molecule has 0 aliphatic heterocycles. The molecule has 17 heavy (non-hydrogen) atoms. The summed E-state index contributed by atoms with van der Waals surface area (Å²) in [5, 5.41) is 1.74. The predicted octanol–water partition coefficient (Wildman–Crippen LogP) is 3.33. The standard InChI is InChI=1S/C13H13ClN2S/c14-9-4-1-3-8(7-9)12(15)13-16-10-5-2-6-11(10)17-13/h1,3-4,7,12H,2,5-6,15H2. The highest BCUT2D eigenvalue weighted by Crippen LogP contribution is 2.32. The first kappa shape index (κ1) is 11.2. The zero-order valence-corrected chi connectivity index (χ0v) is 10.9. The second-order valence-corrected chi connectivity index (χ2v) is 5.86. The van der Waals surface area contributed by atoms with Crippen LogP contribution in [-0.4, -0.2) is 4.98 Å². The van der Waals surface area contributed by atoms with E-state index in [1.54, 1.807) is 11.3 Å². The molecular formula is C13H13ClN2S. The van der Waals surface area contributed by atoms with Gasteiger partial charge in [-0.15, -0.1) is 11.3 Å². The van der Waals surface area contributed by atoms with E-state index in [4.69, 9.17) is 17.3 Å². The fourth-order valence-electron chi connectivity index (χ4n) is 2.19. The van der Waals surface area contributed by atoms with Crippen LogP contribution in [0.3, 0.4) is 0 Å². The van der Waals surface area contributed by atoms with Gasteiger partial charge in [-0.3, -0.25) is 0 Å². The maximum Gasteiger partial charge on any atom is 0.114 e. The van der Waals surface area contributed by atoms with Gasteiger partial charge in [0.25, 0.3) is 0 Å². The highest BCUT2D eigenvalue weighted by Gasteiger charge is 2.20. The van der Waals surface area contributed by atoms with Crippen molar-refractivity contribution in [1.82, 2.24) is 4.98 Å². The number of hydrogen-bond acceptors (Lipinski definition) is 3. The maximum absolute atomic E-state index is 6.24. The molecule has 1 atom stereocenters. The Kier molecular flexibility index (Phi) is 2.90. The van der Waals surface area contributed by atoms with Crippen molar-refractivity contribution >= 4 is 22.9 Å². The molecule has 1 aliphatic carbocycles. The number of nitrogens with zero attached hydrogens (tertiary/aromatic N) is 1. The summed E-state index contributed by atoms with van der Waals surface area (Å²) in [5.41, 5.74) is 8.52. The van der Waals surface area contributed by atoms with Crippen molar-refractivity contribution < 1.29 is 0 Å². The quantitative estimate of drug-likeness (QED) is 0.904. The van der Waals surface area contributed by atoms with E-state index in [1.165, 1.54) is 17.0 Å². The number of rotatable bonds is 2. The fourth-order valence-corrected chi connectivity index (χ4v) is 3.57. The van der Waals surface area contributed by atoms with Crippen molar-refractivity contribution in [3.63, 3.8) is 0 Å². The first-order valence-electron chi connectivity index (χ1n) is 5.73. The van der Waals surface area contributed by atoms with Crippen LogP contribution in [0.4, 0.5) is 0 Å². The highest BCUT2D eigenvalue weighted by molar-refractivity contribution is 7.11. The molecule has 4 heteroatoms. The number of hydrogen-bond donors (Lipinski definition) is 1. The average Bonchev–Trinajstić information content (AvgIpc) is 2.88. The number of aryl methyl sites for hydroxylation is 2. The summed E-state index contributed by atoms with van der Waals surface area (Å²) in [4.78, 5) is 6.06. The summed E-state index contributed by atoms with van der Waals surface area (Å²) in [6.45, 7) is 0. The summed E-state index contributed by atoms with van der Waals surface area (Å²) < 4.78 is 0. The van der Waals surface area contributed by atoms with Crippen molar-refractivity contribution in [2.75, 3.05) is 0 Å². The van der Waals surface area contributed by atoms with E-state index < -0.39 is 0 Å². The fraction of sp³-hybridized carbons (Fsp3) is 0.308. The molecule has 0 saturated carbocycles. The molecule has 1 heterocycles. The third kappa shape index (κ3) is 2.10. The van der Waals surface area contributed by atoms with Crippen LogP contribution in [0.1, 0.15) is 33.6 Å². The number of benzene rings is 1. The summed E-state index contributed by atoms with van der Waals surface area (Å²) in [6.07, 6.45) is 3.50. The Morgan fingerprint density at radius 3 is 3.00 bits per heavy atom. The molecule has 0 saturated heterocycles. The minimum Gasteiger partial charge on any atom is -0.318 e. The third-order valence-corrected chi connectivity index (χ3v) is 4.56. The smallest absolute Gasteiger partial charge is 0.114 e. The van der Waals surface area contributed by atoms with Crippen molar-refractivity contribution in [1.29, 1.82) is 0 Å². The molecule has 1 aromatic carbocycles. The lowest BCUT2D eigenvalue weighted by atomic mass is 10.1. The van der Waals surface area contributed by atoms with Crippen LogP contribution in [0.2, 0.25) is 5.02 Å². The summed E-state index contributed by atoms with van der Waals surface area (Å²) in [5.74, 6) is 0. The Morgan fingerprint density at radius 2 is 2.24 bits per heavy atom. The minimum absolute atomic E-state index is 0.149. The van der Waals surface area contributed by atoms with Crippen LogP contribution in [0.15, 0.2) is 24.3 Å². The third-order valence-electron chi connectivity index (χ3n) is 3.09. The van der Waals surface area contributed by atoms with Gasteiger partial charge in [-0.05, 0) is 37.0 Å². The Bertz CT molecular complexity index is 529. The monoisotopic (exact) mass is 264 g/mol. The normalized spacial score (nSPS) is 15.9. The van der Waals surface area contributed by atoms with Crippen molar-refractivity contribution in [2.45, 2.75) is 25.3 Å². The number of fused-ring (bicyclic) bond motifs is 1. The summed E-state index contributed by atoms with van der Waals surface area (Å²) >= 11 is 7.73. The highest BCUT2D eigenvalue weighted by atomic mass is 35.5. The first-order chi connectivity index (χ1) is 8.24. The molecule has 1 aliphatic rings. The van der Waals surface area contributed by atoms with Gasteiger partial charge in [-0.1, -0.05) is 23.7 Å². The van der Waals surface area contributed by atoms with Crippen LogP contribution in [0.25, 0.3) is 0 Å². The molecule has 88 valence electrons. The molecule has 0 radical (unpaired) electrons. The van der Waals surface area contributed by atoms with Gasteiger partial charge in [0.05, 0.1) is 11.7 Å². The summed E-state index contributed by atoms with van der Waals surface area (Å²) in [7, 11) is 0. The van der Waals surface area contributed by atoms with Crippen LogP contribution in [-0.2, 0) is 12.8 Å². The molecule has 1 unspecified atom stereocenters. The molecule has 2 N–H and O–H groups in total. The molecule has 0 fully saturated rings. The largest absolute Gasteiger partial charge is 0.318 e. The number of thiazole rings is 1. The molecule has 0 bridgehead atoms. The van der Waals surface area contributed by atoms with Crippen LogP contribution >= 0.6 is 22.9 Å². The van der Waals surface area contributed by atoms with Gasteiger partial charge in [0.2, 0.25) is 0 Å². The molecule has 2 aromatic rings. The van der Waals surface area contributed by atoms with Crippen LogP contribution in [0, 0.1) is 0 Å². The average molecular weight is 265 g/mol. The SMILES string of the molecule is NC(c1cccc(Cl)c1)c1nc2c(s1)CCC2. The van der Waals surface area contributed by atoms with Crippen molar-refractivity contribution in [2.24, 2.45) is 5.73 Å². The van der Waals surface area contributed by atoms with Gasteiger partial charge in [0, 0.05) is 9.90 Å². The second kappa shape index (κ2) is 4.41. The lowest BCUT2D eigenvalue weighted by molar-refractivity contribution is 0.834. The van der Waals surface area contributed by atoms with E-state index in [0.717, 1.165) is 28.4 Å². The Labute approximate surface area is 109 Å². The molecule has 2 nitrogen and oxygen atoms in total. The van der Waals surface area contributed by atoms with E-state index in [1.807, 2.05) is 24.3 Å². The van der Waals surface area contributed by atoms with Crippen LogP contribution < -0.4 is 5.73 Å². The number of aromatic nitrogens is 1. The molecular weight excluding hydrogens is 252 g/mol. The van der Waals surface area contributed by atoms with Gasteiger partial charge in [-0.2, -0.15) is 0 Å². The van der Waals surface area contributed by atoms with E-state index >= 15 is 0 Å². The van der Waals surface area contributed by atoms with Gasteiger partial charge in [-0.25, -0.2) is 4.98 Å².